The first-order valence-corrected chi connectivity index (χ1v) is 10.3. The molecule has 7 nitrogen and oxygen atoms in total. The molecular weight excluding hydrogens is 406 g/mol. The maximum atomic E-state index is 12.8. The van der Waals surface area contributed by atoms with Crippen LogP contribution in [0.4, 0.5) is 5.82 Å². The minimum atomic E-state index is -0.449. The van der Waals surface area contributed by atoms with Crippen LogP contribution in [0.2, 0.25) is 5.02 Å². The van der Waals surface area contributed by atoms with Crippen molar-refractivity contribution in [3.8, 4) is 0 Å². The van der Waals surface area contributed by atoms with Crippen molar-refractivity contribution in [1.82, 2.24) is 9.13 Å². The number of aliphatic imine (C=N–C) groups is 1. The lowest BCUT2D eigenvalue weighted by atomic mass is 10.1. The molecule has 0 atom stereocenters. The van der Waals surface area contributed by atoms with Crippen LogP contribution in [-0.2, 0) is 17.8 Å². The number of rotatable bonds is 8. The van der Waals surface area contributed by atoms with Crippen molar-refractivity contribution in [3.05, 3.63) is 66.8 Å². The summed E-state index contributed by atoms with van der Waals surface area (Å²) in [6, 6.07) is 7.35. The highest BCUT2D eigenvalue weighted by molar-refractivity contribution is 6.30. The van der Waals surface area contributed by atoms with Gasteiger partial charge in [0.2, 0.25) is 5.90 Å². The summed E-state index contributed by atoms with van der Waals surface area (Å²) >= 11 is 5.95. The fraction of sp³-hybridized carbons (Fsp3) is 0.409. The van der Waals surface area contributed by atoms with Crippen LogP contribution in [0, 0.1) is 6.92 Å². The second-order valence-electron chi connectivity index (χ2n) is 6.74. The molecule has 8 heteroatoms. The molecular formula is C22H28ClN3O4. The normalized spacial score (nSPS) is 12.3. The molecule has 0 radical (unpaired) electrons. The van der Waals surface area contributed by atoms with E-state index in [-0.39, 0.29) is 19.0 Å². The average Bonchev–Trinajstić information content (AvgIpc) is 2.73. The molecule has 1 aromatic heterocycles. The minimum absolute atomic E-state index is 0.0971. The number of benzene rings is 1. The summed E-state index contributed by atoms with van der Waals surface area (Å²) in [5.41, 5.74) is 1.17. The summed E-state index contributed by atoms with van der Waals surface area (Å²) in [6.07, 6.45) is 2.23. The van der Waals surface area contributed by atoms with E-state index in [1.54, 1.807) is 19.1 Å². The highest BCUT2D eigenvalue weighted by Gasteiger charge is 2.16. The first-order valence-electron chi connectivity index (χ1n) is 9.94. The molecule has 0 aliphatic heterocycles. The fourth-order valence-corrected chi connectivity index (χ4v) is 3.14. The lowest BCUT2D eigenvalue weighted by Crippen LogP contribution is -2.41. The monoisotopic (exact) mass is 433 g/mol. The van der Waals surface area contributed by atoms with E-state index >= 15 is 0 Å². The third-order valence-electron chi connectivity index (χ3n) is 4.55. The zero-order chi connectivity index (χ0) is 22.3. The summed E-state index contributed by atoms with van der Waals surface area (Å²) in [4.78, 5) is 30.2. The number of nitrogens with zero attached hydrogens (tertiary/aromatic N) is 3. The molecule has 0 amide bonds. The lowest BCUT2D eigenvalue weighted by molar-refractivity contribution is 0.277. The Labute approximate surface area is 180 Å². The van der Waals surface area contributed by atoms with Gasteiger partial charge in [-0.1, -0.05) is 23.7 Å². The van der Waals surface area contributed by atoms with Gasteiger partial charge in [0, 0.05) is 30.3 Å². The van der Waals surface area contributed by atoms with E-state index in [1.807, 2.05) is 39.0 Å². The SMILES string of the molecule is CCOC(=N/c1c(C)c(=O)n(CCCO)c(=O)n1CC)/C(C)=C\c1ccc(Cl)cc1. The summed E-state index contributed by atoms with van der Waals surface area (Å²) in [6.45, 7) is 7.95. The molecule has 0 fully saturated rings. The Morgan fingerprint density at radius 1 is 1.20 bits per heavy atom. The molecule has 30 heavy (non-hydrogen) atoms. The van der Waals surface area contributed by atoms with Crippen LogP contribution >= 0.6 is 11.6 Å². The van der Waals surface area contributed by atoms with Crippen LogP contribution in [0.1, 0.15) is 38.3 Å². The van der Waals surface area contributed by atoms with Crippen LogP contribution in [0.5, 0.6) is 0 Å². The van der Waals surface area contributed by atoms with Crippen LogP contribution in [0.25, 0.3) is 6.08 Å². The molecule has 0 aliphatic carbocycles. The maximum absolute atomic E-state index is 12.8. The topological polar surface area (TPSA) is 85.8 Å². The van der Waals surface area contributed by atoms with Gasteiger partial charge in [-0.25, -0.2) is 4.79 Å². The molecule has 1 N–H and O–H groups in total. The molecule has 2 rings (SSSR count). The van der Waals surface area contributed by atoms with Gasteiger partial charge in [0.15, 0.2) is 0 Å². The Hall–Kier alpha value is -2.64. The van der Waals surface area contributed by atoms with Gasteiger partial charge in [0.1, 0.15) is 5.82 Å². The second-order valence-corrected chi connectivity index (χ2v) is 7.17. The summed E-state index contributed by atoms with van der Waals surface area (Å²) in [7, 11) is 0. The van der Waals surface area contributed by atoms with E-state index in [2.05, 4.69) is 4.99 Å². The second kappa shape index (κ2) is 10.9. The van der Waals surface area contributed by atoms with E-state index in [0.717, 1.165) is 15.7 Å². The van der Waals surface area contributed by atoms with Crippen LogP contribution in [0.3, 0.4) is 0 Å². The first-order chi connectivity index (χ1) is 14.3. The third-order valence-corrected chi connectivity index (χ3v) is 4.81. The molecule has 1 aromatic carbocycles. The Morgan fingerprint density at radius 2 is 1.87 bits per heavy atom. The molecule has 0 bridgehead atoms. The third kappa shape index (κ3) is 5.49. The Balaban J connectivity index is 2.62. The summed E-state index contributed by atoms with van der Waals surface area (Å²) < 4.78 is 8.32. The van der Waals surface area contributed by atoms with E-state index < -0.39 is 11.2 Å². The predicted octanol–water partition coefficient (Wildman–Crippen LogP) is 3.54. The highest BCUT2D eigenvalue weighted by atomic mass is 35.5. The van der Waals surface area contributed by atoms with Gasteiger partial charge >= 0.3 is 5.69 Å². The Kier molecular flexibility index (Phi) is 8.62. The fourth-order valence-electron chi connectivity index (χ4n) is 3.02. The highest BCUT2D eigenvalue weighted by Crippen LogP contribution is 2.18. The van der Waals surface area contributed by atoms with Gasteiger partial charge < -0.3 is 9.84 Å². The number of hydrogen-bond donors (Lipinski definition) is 1. The minimum Gasteiger partial charge on any atom is -0.478 e. The Bertz CT molecular complexity index is 1050. The molecule has 0 saturated carbocycles. The number of aliphatic hydroxyl groups excluding tert-OH is 1. The molecule has 0 spiro atoms. The predicted molar refractivity (Wildman–Crippen MR) is 121 cm³/mol. The number of halogens is 1. The van der Waals surface area contributed by atoms with Gasteiger partial charge in [-0.2, -0.15) is 4.99 Å². The van der Waals surface area contributed by atoms with Gasteiger partial charge in [-0.05, 0) is 57.9 Å². The maximum Gasteiger partial charge on any atom is 0.332 e. The van der Waals surface area contributed by atoms with Gasteiger partial charge in [0.05, 0.1) is 12.2 Å². The van der Waals surface area contributed by atoms with Crippen molar-refractivity contribution in [2.24, 2.45) is 4.99 Å². The van der Waals surface area contributed by atoms with Gasteiger partial charge in [0.25, 0.3) is 5.56 Å². The van der Waals surface area contributed by atoms with E-state index in [9.17, 15) is 9.59 Å². The van der Waals surface area contributed by atoms with E-state index in [4.69, 9.17) is 21.4 Å². The van der Waals surface area contributed by atoms with E-state index in [0.29, 0.717) is 36.1 Å². The number of aliphatic hydroxyl groups is 1. The van der Waals surface area contributed by atoms with Crippen LogP contribution in [0.15, 0.2) is 44.4 Å². The number of hydrogen-bond acceptors (Lipinski definition) is 5. The first kappa shape index (κ1) is 23.6. The Morgan fingerprint density at radius 3 is 2.43 bits per heavy atom. The van der Waals surface area contributed by atoms with E-state index in [1.165, 1.54) is 4.57 Å². The van der Waals surface area contributed by atoms with Crippen LogP contribution < -0.4 is 11.2 Å². The van der Waals surface area contributed by atoms with Crippen molar-refractivity contribution in [2.75, 3.05) is 13.2 Å². The van der Waals surface area contributed by atoms with Crippen molar-refractivity contribution < 1.29 is 9.84 Å². The smallest absolute Gasteiger partial charge is 0.332 e. The van der Waals surface area contributed by atoms with Crippen LogP contribution in [-0.4, -0.2) is 33.4 Å². The molecule has 0 saturated heterocycles. The van der Waals surface area contributed by atoms with Gasteiger partial charge in [-0.15, -0.1) is 0 Å². The molecule has 1 heterocycles. The zero-order valence-electron chi connectivity index (χ0n) is 17.8. The molecule has 0 aliphatic rings. The van der Waals surface area contributed by atoms with Crippen molar-refractivity contribution in [2.45, 2.75) is 47.2 Å². The van der Waals surface area contributed by atoms with Crippen molar-refractivity contribution in [1.29, 1.82) is 0 Å². The van der Waals surface area contributed by atoms with Crippen molar-refractivity contribution >= 4 is 29.4 Å². The lowest BCUT2D eigenvalue weighted by Gasteiger charge is -2.15. The largest absolute Gasteiger partial charge is 0.478 e. The number of aromatic nitrogens is 2. The van der Waals surface area contributed by atoms with Crippen molar-refractivity contribution in [3.63, 3.8) is 0 Å². The summed E-state index contributed by atoms with van der Waals surface area (Å²) in [5, 5.41) is 9.71. The quantitative estimate of drug-likeness (QED) is 0.509. The molecule has 162 valence electrons. The zero-order valence-corrected chi connectivity index (χ0v) is 18.6. The molecule has 0 unspecified atom stereocenters. The average molecular weight is 434 g/mol. The molecule has 2 aromatic rings. The standard InChI is InChI=1S/C22H28ClN3O4/c1-5-25-19(16(4)21(28)26(22(25)29)12-7-13-27)24-20(30-6-2)15(3)14-17-8-10-18(23)11-9-17/h8-11,14,27H,5-7,12-13H2,1-4H3/b15-14-,24-20+. The number of ether oxygens (including phenoxy) is 1. The van der Waals surface area contributed by atoms with Gasteiger partial charge in [-0.3, -0.25) is 13.9 Å². The summed E-state index contributed by atoms with van der Waals surface area (Å²) in [5.74, 6) is 0.615.